The smallest absolute Gasteiger partial charge is 0.415 e. The molecule has 796 valence electrons. The molecular weight excluding hydrogens is 1780 g/mol. The number of ether oxygens (including phenoxy) is 7. The molecule has 0 aliphatic heterocycles. The van der Waals surface area contributed by atoms with Crippen molar-refractivity contribution in [2.45, 2.75) is 404 Å². The van der Waals surface area contributed by atoms with Gasteiger partial charge >= 0.3 is 35.9 Å². The van der Waals surface area contributed by atoms with Gasteiger partial charge in [-0.1, -0.05) is 358 Å². The number of carbonyl (C=O) groups is 6. The summed E-state index contributed by atoms with van der Waals surface area (Å²) in [4.78, 5) is 77.2. The van der Waals surface area contributed by atoms with Crippen LogP contribution in [0.3, 0.4) is 0 Å². The highest BCUT2D eigenvalue weighted by atomic mass is 32.5. The van der Waals surface area contributed by atoms with Crippen LogP contribution < -0.4 is 4.74 Å². The lowest BCUT2D eigenvalue weighted by Crippen LogP contribution is -2.37. The number of amides is 1. The molecule has 0 aromatic heterocycles. The van der Waals surface area contributed by atoms with Crippen LogP contribution in [0.25, 0.3) is 0 Å². The zero-order valence-electron chi connectivity index (χ0n) is 99.4. The van der Waals surface area contributed by atoms with Crippen LogP contribution in [0, 0.1) is 54.7 Å². The number of benzene rings is 5. The van der Waals surface area contributed by atoms with Gasteiger partial charge in [0.05, 0.1) is 34.9 Å². The largest absolute Gasteiger partial charge is 0.460 e. The van der Waals surface area contributed by atoms with Crippen LogP contribution in [0.4, 0.5) is 4.79 Å². The van der Waals surface area contributed by atoms with Crippen molar-refractivity contribution in [2.75, 3.05) is 53.3 Å². The third kappa shape index (κ3) is 55.9. The van der Waals surface area contributed by atoms with Gasteiger partial charge in [0.25, 0.3) is 0 Å². The van der Waals surface area contributed by atoms with Crippen LogP contribution in [-0.4, -0.2) is 107 Å². The molecule has 0 aliphatic carbocycles. The fraction of sp³-hybridized carbons (Fsp3) is 0.639. The number of esters is 5. The molecule has 3 unspecified atom stereocenters. The molecule has 0 fully saturated rings. The normalized spacial score (nSPS) is 12.6. The predicted octanol–water partition coefficient (Wildman–Crippen LogP) is 32.9. The van der Waals surface area contributed by atoms with Crippen LogP contribution in [0.1, 0.15) is 411 Å². The number of allylic oxidation sites excluding steroid dienone is 3. The first kappa shape index (κ1) is 141. The molecular formula is C122H206BN2O13PS. The van der Waals surface area contributed by atoms with E-state index >= 15 is 0 Å². The number of hydrogen-bond acceptors (Lipinski definition) is 14. The zero-order chi connectivity index (χ0) is 112. The summed E-state index contributed by atoms with van der Waals surface area (Å²) in [5.74, 6) is 0.0194. The van der Waals surface area contributed by atoms with E-state index in [1.165, 1.54) is 50.1 Å². The van der Waals surface area contributed by atoms with Crippen molar-refractivity contribution in [3.05, 3.63) is 220 Å². The van der Waals surface area contributed by atoms with Gasteiger partial charge in [0, 0.05) is 63.3 Å². The first-order valence-electron chi connectivity index (χ1n) is 50.1. The number of carbonyl (C=O) groups excluding carboxylic acids is 6. The summed E-state index contributed by atoms with van der Waals surface area (Å²) in [5, 5.41) is 0. The molecule has 140 heavy (non-hydrogen) atoms. The summed E-state index contributed by atoms with van der Waals surface area (Å²) < 4.78 is 38.2. The van der Waals surface area contributed by atoms with E-state index in [1.807, 2.05) is 178 Å². The van der Waals surface area contributed by atoms with Crippen molar-refractivity contribution < 1.29 is 61.9 Å². The summed E-state index contributed by atoms with van der Waals surface area (Å²) >= 11 is 0. The van der Waals surface area contributed by atoms with Gasteiger partial charge in [-0.25, -0.2) is 4.79 Å². The highest BCUT2D eigenvalue weighted by Gasteiger charge is 2.38. The fourth-order valence-corrected chi connectivity index (χ4v) is 12.1. The molecule has 5 aromatic rings. The summed E-state index contributed by atoms with van der Waals surface area (Å²) in [6.45, 7) is 119. The number of likely N-dealkylation sites (N-methyl/N-ethyl adjacent to an activating group) is 2. The van der Waals surface area contributed by atoms with Gasteiger partial charge < -0.3 is 43.0 Å². The van der Waals surface area contributed by atoms with E-state index < -0.39 is 39.3 Å². The van der Waals surface area contributed by atoms with Crippen molar-refractivity contribution in [3.63, 3.8) is 0 Å². The molecule has 5 rings (SSSR count). The second-order valence-corrected chi connectivity index (χ2v) is 54.4. The van der Waals surface area contributed by atoms with E-state index in [0.717, 1.165) is 52.0 Å². The van der Waals surface area contributed by atoms with E-state index in [4.69, 9.17) is 36.3 Å². The Labute approximate surface area is 865 Å². The van der Waals surface area contributed by atoms with Crippen molar-refractivity contribution in [3.8, 4) is 5.75 Å². The van der Waals surface area contributed by atoms with Crippen molar-refractivity contribution in [2.24, 2.45) is 54.7 Å². The summed E-state index contributed by atoms with van der Waals surface area (Å²) in [6, 6.07) is 35.2. The monoisotopic (exact) mass is 1980 g/mol. The van der Waals surface area contributed by atoms with Crippen LogP contribution in [0.15, 0.2) is 153 Å². The fourth-order valence-electron chi connectivity index (χ4n) is 12.1. The zero-order valence-corrected chi connectivity index (χ0v) is 101. The Balaban J connectivity index is -0.000000527. The Kier molecular flexibility index (Phi) is 60.4. The molecule has 0 heterocycles. The average Bonchev–Trinajstić information content (AvgIpc) is 0.800. The van der Waals surface area contributed by atoms with E-state index in [9.17, 15) is 28.8 Å². The molecule has 1 amide bonds. The number of rotatable bonds is 21. The van der Waals surface area contributed by atoms with E-state index in [0.29, 0.717) is 44.6 Å². The van der Waals surface area contributed by atoms with E-state index in [-0.39, 0.29) is 94.8 Å². The van der Waals surface area contributed by atoms with Gasteiger partial charge in [-0.3, -0.25) is 24.0 Å². The topological polar surface area (TPSA) is 174 Å². The summed E-state index contributed by atoms with van der Waals surface area (Å²) in [5.41, 5.74) is 15.5. The Hall–Kier alpha value is -7.85. The predicted molar refractivity (Wildman–Crippen MR) is 608 cm³/mol. The van der Waals surface area contributed by atoms with E-state index in [2.05, 4.69) is 309 Å². The third-order valence-corrected chi connectivity index (χ3v) is 22.8. The minimum absolute atomic E-state index is 0.0186. The van der Waals surface area contributed by atoms with Crippen molar-refractivity contribution >= 4 is 61.9 Å². The van der Waals surface area contributed by atoms with Gasteiger partial charge in [-0.2, -0.15) is 10.1 Å². The lowest BCUT2D eigenvalue weighted by molar-refractivity contribution is -0.165. The van der Waals surface area contributed by atoms with Gasteiger partial charge in [0.15, 0.2) is 0 Å². The molecule has 18 heteroatoms. The Morgan fingerprint density at radius 2 is 0.679 bits per heavy atom. The number of nitrogens with zero attached hydrogens (tertiary/aromatic N) is 2. The van der Waals surface area contributed by atoms with Gasteiger partial charge in [-0.05, 0) is 246 Å². The summed E-state index contributed by atoms with van der Waals surface area (Å²) in [6.07, 6.45) is 2.63. The van der Waals surface area contributed by atoms with Crippen LogP contribution in [0.5, 0.6) is 5.75 Å². The average molecular weight is 1980 g/mol. The van der Waals surface area contributed by atoms with Crippen LogP contribution in [0.2, 0.25) is 0 Å². The van der Waals surface area contributed by atoms with Crippen LogP contribution >= 0.6 is 8.02 Å². The Morgan fingerprint density at radius 1 is 0.379 bits per heavy atom. The molecule has 0 spiro atoms. The van der Waals surface area contributed by atoms with Gasteiger partial charge in [0.1, 0.15) is 37.8 Å². The highest BCUT2D eigenvalue weighted by Crippen LogP contribution is 2.42. The molecule has 15 nitrogen and oxygen atoms in total. The molecule has 0 bridgehead atoms. The van der Waals surface area contributed by atoms with Crippen LogP contribution in [-0.2, 0) is 122 Å². The Morgan fingerprint density at radius 3 is 0.979 bits per heavy atom. The summed E-state index contributed by atoms with van der Waals surface area (Å²) in [7, 11) is 15.7. The standard InChI is InChI=1S/C27H44N2O4.C23H36O2.C22H34O2.2C20H32O2.C2H6BPS.C2H6O.2C2H6.C2H4/c1-19(25(2,3)4)28(11)17-18-29(12)24(31)32-21-15-13-20(14-16-21)22(26(5,6)7)33-23(30)27(8,9)10;1-16(21(2,3)4)13-17-11-12-19(22(5,6)7)14-18(17)15-25-20(24)23(8,9)10;1-15(2)16(3)14-17-10-12-18(13-11-17)19(21(4,5)6)24-20(23)22(7,8)9;1-18(2,3)15-10-11-16(19(4,5)6)14(12-15)13-22-17(21)20(7,8)9;1-18(2,3)15-11-10-14(16(12-15)19(4,5)6)13-22-17(21)20(7,8)9;1-5(4)2-3;1-3-2;3*1-2/h13-16,22H,1,17-18H2,2-12H3;11-12,14H,1,13,15H2,2-10H3;10-13,15,19H,3,14H2,1-2,4-9H3;2*10-12H,13H2,1-9H3;4H,2H2,1H3;1-2H3;2*1-2H3;1-2H2. The van der Waals surface area contributed by atoms with Gasteiger partial charge in [0.2, 0.25) is 0 Å². The second-order valence-electron chi connectivity index (χ2n) is 50.7. The number of hydrogen-bond donors (Lipinski definition) is 0. The minimum atomic E-state index is -0.586. The molecule has 0 saturated carbocycles. The minimum Gasteiger partial charge on any atom is -0.460 e. The quantitative estimate of drug-likeness (QED) is 0.0223. The van der Waals surface area contributed by atoms with Crippen molar-refractivity contribution in [1.82, 2.24) is 9.80 Å². The molecule has 2 radical (unpaired) electrons. The lowest BCUT2D eigenvalue weighted by atomic mass is 9.78. The Bertz CT molecular complexity index is 4600. The van der Waals surface area contributed by atoms with Gasteiger partial charge in [-0.15, -0.1) is 13.2 Å². The molecule has 0 aliphatic rings. The number of methoxy groups -OCH3 is 1. The third-order valence-electron chi connectivity index (χ3n) is 21.8. The molecule has 0 N–H and O–H groups in total. The maximum absolute atomic E-state index is 12.5. The maximum Gasteiger partial charge on any atom is 0.415 e. The first-order chi connectivity index (χ1) is 62.9. The first-order valence-corrected chi connectivity index (χ1v) is 53.1. The molecule has 0 saturated heterocycles. The van der Waals surface area contributed by atoms with E-state index in [1.54, 1.807) is 38.3 Å². The van der Waals surface area contributed by atoms with Crippen molar-refractivity contribution in [1.29, 1.82) is 0 Å². The lowest BCUT2D eigenvalue weighted by Gasteiger charge is -2.33. The molecule has 5 aromatic carbocycles. The SMILES string of the molecule is C=C.C=C(Cc1ccc(C(C)(C)C)cc1COC(=O)C(C)(C)C)C(C)(C)C.C=C(Cc1ccc(C(OC(=O)C(C)(C)C)C(C)(C)C)cc1)C(C)C.C=C(N(C)CCN(C)C(=O)Oc1ccc(C(OC(=O)C(C)(C)C)C(C)(C)C)cc1)C(C)(C)C.CC.CC.CC(C)(C)C(=O)OCc1cc(C(C)(C)C)ccc1C(C)(C)C.CC(C)(C)C(=O)OCc1ccc(C(C)(C)C)cc1C(C)(C)C.COC.[B]CS(C)=P. The second kappa shape index (κ2) is 60.2. The highest BCUT2D eigenvalue weighted by molar-refractivity contribution is 8.16. The molecule has 3 atom stereocenters. The maximum atomic E-state index is 12.5.